The first kappa shape index (κ1) is 15.3. The van der Waals surface area contributed by atoms with Gasteiger partial charge in [0.05, 0.1) is 27.2 Å². The van der Waals surface area contributed by atoms with Crippen LogP contribution in [0.1, 0.15) is 0 Å². The summed E-state index contributed by atoms with van der Waals surface area (Å²) in [6, 6.07) is 22.4. The number of nitro benzene ring substituents is 1. The third-order valence-electron chi connectivity index (χ3n) is 4.68. The van der Waals surface area contributed by atoms with E-state index < -0.39 is 0 Å². The molecule has 0 saturated carbocycles. The van der Waals surface area contributed by atoms with Gasteiger partial charge in [0.2, 0.25) is 0 Å². The number of para-hydroxylation sites is 3. The number of nitro groups is 1. The van der Waals surface area contributed by atoms with Gasteiger partial charge in [-0.1, -0.05) is 42.5 Å². The van der Waals surface area contributed by atoms with Crippen molar-refractivity contribution in [1.82, 2.24) is 15.0 Å². The average Bonchev–Trinajstić information content (AvgIpc) is 3.29. The molecule has 0 aliphatic rings. The summed E-state index contributed by atoms with van der Waals surface area (Å²) in [6.45, 7) is 0. The Morgan fingerprint density at radius 3 is 2.44 bits per heavy atom. The lowest BCUT2D eigenvalue weighted by Gasteiger charge is -2.03. The molecule has 0 amide bonds. The van der Waals surface area contributed by atoms with Crippen LogP contribution in [-0.4, -0.2) is 19.9 Å². The van der Waals surface area contributed by atoms with Crippen LogP contribution in [0.4, 0.5) is 5.69 Å². The van der Waals surface area contributed by atoms with Gasteiger partial charge < -0.3 is 9.97 Å². The van der Waals surface area contributed by atoms with E-state index in [1.807, 2.05) is 54.6 Å². The number of nitrogens with one attached hydrogen (secondary N) is 2. The molecular formula is C21H14N4O2. The van der Waals surface area contributed by atoms with E-state index in [1.165, 1.54) is 6.07 Å². The minimum absolute atomic E-state index is 0.0571. The van der Waals surface area contributed by atoms with Gasteiger partial charge in [0.25, 0.3) is 5.69 Å². The van der Waals surface area contributed by atoms with Gasteiger partial charge in [-0.2, -0.15) is 0 Å². The third kappa shape index (κ3) is 2.46. The number of aromatic nitrogens is 3. The highest BCUT2D eigenvalue weighted by Crippen LogP contribution is 2.38. The maximum Gasteiger partial charge on any atom is 0.270 e. The molecule has 2 aromatic heterocycles. The highest BCUT2D eigenvalue weighted by molar-refractivity contribution is 6.03. The lowest BCUT2D eigenvalue weighted by atomic mass is 10.0. The van der Waals surface area contributed by atoms with E-state index in [4.69, 9.17) is 4.98 Å². The summed E-state index contributed by atoms with van der Waals surface area (Å²) >= 11 is 0. The molecule has 0 radical (unpaired) electrons. The number of rotatable bonds is 3. The molecule has 27 heavy (non-hydrogen) atoms. The standard InChI is InChI=1S/C21H14N4O2/c26-25(27)14-7-5-6-13(12-14)20-19(15-8-1-2-9-16(15)22-20)21-23-17-10-3-4-11-18(17)24-21/h1-12,22H,(H,23,24). The summed E-state index contributed by atoms with van der Waals surface area (Å²) in [5, 5.41) is 12.2. The van der Waals surface area contributed by atoms with Crippen molar-refractivity contribution in [2.75, 3.05) is 0 Å². The van der Waals surface area contributed by atoms with Crippen molar-refractivity contribution in [3.63, 3.8) is 0 Å². The molecular weight excluding hydrogens is 340 g/mol. The number of nitrogens with zero attached hydrogens (tertiary/aromatic N) is 2. The zero-order valence-electron chi connectivity index (χ0n) is 14.1. The predicted octanol–water partition coefficient (Wildman–Crippen LogP) is 5.29. The topological polar surface area (TPSA) is 87.6 Å². The second kappa shape index (κ2) is 5.81. The molecule has 0 aliphatic carbocycles. The Labute approximate surface area is 153 Å². The maximum absolute atomic E-state index is 11.2. The van der Waals surface area contributed by atoms with E-state index in [2.05, 4.69) is 9.97 Å². The Kier molecular flexibility index (Phi) is 3.30. The highest BCUT2D eigenvalue weighted by Gasteiger charge is 2.19. The van der Waals surface area contributed by atoms with E-state index in [0.29, 0.717) is 0 Å². The second-order valence-corrected chi connectivity index (χ2v) is 6.33. The first-order valence-electron chi connectivity index (χ1n) is 8.51. The molecule has 0 bridgehead atoms. The van der Waals surface area contributed by atoms with Crippen LogP contribution in [0.3, 0.4) is 0 Å². The summed E-state index contributed by atoms with van der Waals surface area (Å²) in [4.78, 5) is 22.3. The summed E-state index contributed by atoms with van der Waals surface area (Å²) in [7, 11) is 0. The molecule has 6 heteroatoms. The van der Waals surface area contributed by atoms with E-state index in [1.54, 1.807) is 12.1 Å². The van der Waals surface area contributed by atoms with Gasteiger partial charge >= 0.3 is 0 Å². The summed E-state index contributed by atoms with van der Waals surface area (Å²) < 4.78 is 0. The summed E-state index contributed by atoms with van der Waals surface area (Å²) in [5.74, 6) is 0.732. The van der Waals surface area contributed by atoms with Crippen molar-refractivity contribution in [2.24, 2.45) is 0 Å². The minimum Gasteiger partial charge on any atom is -0.354 e. The van der Waals surface area contributed by atoms with Crippen LogP contribution in [-0.2, 0) is 0 Å². The Bertz CT molecular complexity index is 1280. The lowest BCUT2D eigenvalue weighted by Crippen LogP contribution is -1.89. The van der Waals surface area contributed by atoms with Crippen molar-refractivity contribution < 1.29 is 4.92 Å². The molecule has 0 spiro atoms. The summed E-state index contributed by atoms with van der Waals surface area (Å²) in [6.07, 6.45) is 0. The van der Waals surface area contributed by atoms with Crippen LogP contribution in [0.25, 0.3) is 44.6 Å². The Morgan fingerprint density at radius 1 is 0.852 bits per heavy atom. The zero-order chi connectivity index (χ0) is 18.4. The number of hydrogen-bond donors (Lipinski definition) is 2. The highest BCUT2D eigenvalue weighted by atomic mass is 16.6. The quantitative estimate of drug-likeness (QED) is 0.341. The largest absolute Gasteiger partial charge is 0.354 e. The van der Waals surface area contributed by atoms with Gasteiger partial charge in [0.1, 0.15) is 5.82 Å². The van der Waals surface area contributed by atoms with Crippen LogP contribution in [0.15, 0.2) is 72.8 Å². The van der Waals surface area contributed by atoms with Gasteiger partial charge in [-0.15, -0.1) is 0 Å². The fourth-order valence-electron chi connectivity index (χ4n) is 3.45. The number of benzene rings is 3. The predicted molar refractivity (Wildman–Crippen MR) is 105 cm³/mol. The van der Waals surface area contributed by atoms with Crippen LogP contribution in [0, 0.1) is 10.1 Å². The van der Waals surface area contributed by atoms with Crippen molar-refractivity contribution in [3.8, 4) is 22.6 Å². The molecule has 0 unspecified atom stereocenters. The van der Waals surface area contributed by atoms with Crippen molar-refractivity contribution in [2.45, 2.75) is 0 Å². The molecule has 6 nitrogen and oxygen atoms in total. The fourth-order valence-corrected chi connectivity index (χ4v) is 3.45. The van der Waals surface area contributed by atoms with E-state index in [0.717, 1.165) is 44.6 Å². The van der Waals surface area contributed by atoms with Crippen molar-refractivity contribution in [3.05, 3.63) is 82.9 Å². The molecule has 3 aromatic carbocycles. The molecule has 2 heterocycles. The summed E-state index contributed by atoms with van der Waals surface area (Å²) in [5.41, 5.74) is 5.29. The van der Waals surface area contributed by atoms with Gasteiger partial charge in [0.15, 0.2) is 0 Å². The zero-order valence-corrected chi connectivity index (χ0v) is 14.1. The van der Waals surface area contributed by atoms with Crippen molar-refractivity contribution in [1.29, 1.82) is 0 Å². The maximum atomic E-state index is 11.2. The number of fused-ring (bicyclic) bond motifs is 2. The number of H-pyrrole nitrogens is 2. The Morgan fingerprint density at radius 2 is 1.63 bits per heavy atom. The molecule has 0 atom stereocenters. The van der Waals surface area contributed by atoms with Crippen molar-refractivity contribution >= 4 is 27.6 Å². The normalized spacial score (nSPS) is 11.3. The van der Waals surface area contributed by atoms with Crippen LogP contribution >= 0.6 is 0 Å². The molecule has 0 fully saturated rings. The van der Waals surface area contributed by atoms with Gasteiger partial charge in [-0.3, -0.25) is 10.1 Å². The van der Waals surface area contributed by atoms with E-state index in [9.17, 15) is 10.1 Å². The first-order chi connectivity index (χ1) is 13.2. The average molecular weight is 354 g/mol. The number of aromatic amines is 2. The molecule has 5 rings (SSSR count). The molecule has 2 N–H and O–H groups in total. The Hall–Kier alpha value is -3.93. The van der Waals surface area contributed by atoms with Gasteiger partial charge in [-0.25, -0.2) is 4.98 Å². The number of hydrogen-bond acceptors (Lipinski definition) is 3. The first-order valence-corrected chi connectivity index (χ1v) is 8.51. The fraction of sp³-hybridized carbons (Fsp3) is 0. The second-order valence-electron chi connectivity index (χ2n) is 6.33. The number of imidazole rings is 1. The molecule has 0 saturated heterocycles. The third-order valence-corrected chi connectivity index (χ3v) is 4.68. The van der Waals surface area contributed by atoms with Crippen LogP contribution < -0.4 is 0 Å². The smallest absolute Gasteiger partial charge is 0.270 e. The minimum atomic E-state index is -0.382. The Balaban J connectivity index is 1.82. The van der Waals surface area contributed by atoms with E-state index >= 15 is 0 Å². The van der Waals surface area contributed by atoms with Crippen LogP contribution in [0.5, 0.6) is 0 Å². The van der Waals surface area contributed by atoms with Gasteiger partial charge in [0, 0.05) is 28.6 Å². The van der Waals surface area contributed by atoms with Gasteiger partial charge in [-0.05, 0) is 18.2 Å². The lowest BCUT2D eigenvalue weighted by molar-refractivity contribution is -0.384. The van der Waals surface area contributed by atoms with E-state index in [-0.39, 0.29) is 10.6 Å². The SMILES string of the molecule is O=[N+]([O-])c1cccc(-c2[nH]c3ccccc3c2-c2nc3ccccc3[nH]2)c1. The molecule has 5 aromatic rings. The number of non-ortho nitro benzene ring substituents is 1. The molecule has 130 valence electrons. The van der Waals surface area contributed by atoms with Crippen LogP contribution in [0.2, 0.25) is 0 Å². The molecule has 0 aliphatic heterocycles. The monoisotopic (exact) mass is 354 g/mol.